The summed E-state index contributed by atoms with van der Waals surface area (Å²) in [6.07, 6.45) is 0.672. The standard InChI is InChI=1S/C12H16N2O4/c1-8(2)12(10(15)16,14-11(17)18-3)9-6-4-5-7-13-9/h4-8H,1-3H3,(H,14,17)(H,15,16)/t12-/m1/s1. The van der Waals surface area contributed by atoms with Crippen molar-refractivity contribution in [3.63, 3.8) is 0 Å². The first-order valence-corrected chi connectivity index (χ1v) is 5.46. The predicted octanol–water partition coefficient (Wildman–Crippen LogP) is 1.37. The van der Waals surface area contributed by atoms with E-state index in [-0.39, 0.29) is 5.69 Å². The molecule has 1 heterocycles. The molecule has 0 radical (unpaired) electrons. The molecule has 0 aliphatic rings. The van der Waals surface area contributed by atoms with Gasteiger partial charge in [-0.2, -0.15) is 0 Å². The number of hydrogen-bond donors (Lipinski definition) is 2. The number of nitrogens with one attached hydrogen (secondary N) is 1. The van der Waals surface area contributed by atoms with Crippen LogP contribution in [0.25, 0.3) is 0 Å². The maximum atomic E-state index is 11.6. The van der Waals surface area contributed by atoms with Crippen molar-refractivity contribution in [1.82, 2.24) is 10.3 Å². The van der Waals surface area contributed by atoms with Gasteiger partial charge in [0.2, 0.25) is 0 Å². The molecule has 0 fully saturated rings. The van der Waals surface area contributed by atoms with Crippen molar-refractivity contribution >= 4 is 12.1 Å². The molecule has 98 valence electrons. The van der Waals surface area contributed by atoms with Crippen molar-refractivity contribution in [3.05, 3.63) is 30.1 Å². The molecular formula is C12H16N2O4. The Morgan fingerprint density at radius 1 is 1.44 bits per heavy atom. The quantitative estimate of drug-likeness (QED) is 0.845. The van der Waals surface area contributed by atoms with E-state index in [0.717, 1.165) is 0 Å². The van der Waals surface area contributed by atoms with Crippen LogP contribution >= 0.6 is 0 Å². The molecule has 1 aromatic heterocycles. The number of carbonyl (C=O) groups excluding carboxylic acids is 1. The number of pyridine rings is 1. The second-order valence-corrected chi connectivity index (χ2v) is 4.10. The van der Waals surface area contributed by atoms with Crippen LogP contribution in [0.2, 0.25) is 0 Å². The van der Waals surface area contributed by atoms with Crippen LogP contribution in [0.15, 0.2) is 24.4 Å². The van der Waals surface area contributed by atoms with E-state index < -0.39 is 23.5 Å². The molecule has 6 nitrogen and oxygen atoms in total. The van der Waals surface area contributed by atoms with Gasteiger partial charge in [0, 0.05) is 6.20 Å². The lowest BCUT2D eigenvalue weighted by atomic mass is 9.83. The van der Waals surface area contributed by atoms with Crippen molar-refractivity contribution in [2.75, 3.05) is 7.11 Å². The summed E-state index contributed by atoms with van der Waals surface area (Å²) in [6, 6.07) is 4.90. The number of carboxylic acid groups (broad SMARTS) is 1. The first-order chi connectivity index (χ1) is 8.45. The van der Waals surface area contributed by atoms with Crippen LogP contribution in [0.3, 0.4) is 0 Å². The molecule has 0 spiro atoms. The zero-order valence-corrected chi connectivity index (χ0v) is 10.5. The molecule has 0 aromatic carbocycles. The Balaban J connectivity index is 3.31. The van der Waals surface area contributed by atoms with Gasteiger partial charge in [-0.15, -0.1) is 0 Å². The largest absolute Gasteiger partial charge is 0.479 e. The van der Waals surface area contributed by atoms with E-state index in [9.17, 15) is 14.7 Å². The molecule has 0 unspecified atom stereocenters. The number of aromatic nitrogens is 1. The molecule has 2 N–H and O–H groups in total. The number of hydrogen-bond acceptors (Lipinski definition) is 4. The Morgan fingerprint density at radius 2 is 2.11 bits per heavy atom. The molecule has 0 bridgehead atoms. The highest BCUT2D eigenvalue weighted by Gasteiger charge is 2.46. The van der Waals surface area contributed by atoms with Crippen molar-refractivity contribution in [1.29, 1.82) is 0 Å². The number of alkyl carbamates (subject to hydrolysis) is 1. The maximum absolute atomic E-state index is 11.6. The second kappa shape index (κ2) is 5.48. The fourth-order valence-electron chi connectivity index (χ4n) is 1.72. The molecule has 1 atom stereocenters. The van der Waals surface area contributed by atoms with Gasteiger partial charge in [0.25, 0.3) is 0 Å². The van der Waals surface area contributed by atoms with Crippen LogP contribution in [0.5, 0.6) is 0 Å². The Kier molecular flexibility index (Phi) is 4.25. The van der Waals surface area contributed by atoms with Crippen LogP contribution in [0.1, 0.15) is 19.5 Å². The third-order valence-electron chi connectivity index (χ3n) is 2.76. The fraction of sp³-hybridized carbons (Fsp3) is 0.417. The van der Waals surface area contributed by atoms with Gasteiger partial charge in [-0.05, 0) is 18.1 Å². The monoisotopic (exact) mass is 252 g/mol. The molecule has 0 aliphatic heterocycles. The Bertz CT molecular complexity index is 433. The number of nitrogens with zero attached hydrogens (tertiary/aromatic N) is 1. The van der Waals surface area contributed by atoms with E-state index in [4.69, 9.17) is 0 Å². The van der Waals surface area contributed by atoms with E-state index in [1.165, 1.54) is 13.3 Å². The number of carboxylic acids is 1. The van der Waals surface area contributed by atoms with Gasteiger partial charge < -0.3 is 9.84 Å². The number of carbonyl (C=O) groups is 2. The SMILES string of the molecule is COC(=O)N[C@@](C(=O)O)(c1ccccn1)C(C)C. The van der Waals surface area contributed by atoms with E-state index in [2.05, 4.69) is 15.0 Å². The molecule has 1 amide bonds. The van der Waals surface area contributed by atoms with Crippen LogP contribution in [-0.4, -0.2) is 29.3 Å². The second-order valence-electron chi connectivity index (χ2n) is 4.10. The highest BCUT2D eigenvalue weighted by atomic mass is 16.5. The van der Waals surface area contributed by atoms with Crippen molar-refractivity contribution in [2.24, 2.45) is 5.92 Å². The molecular weight excluding hydrogens is 236 g/mol. The summed E-state index contributed by atoms with van der Waals surface area (Å²) < 4.78 is 4.49. The zero-order valence-electron chi connectivity index (χ0n) is 10.5. The Labute approximate surface area is 105 Å². The number of aliphatic carboxylic acids is 1. The van der Waals surface area contributed by atoms with Crippen molar-refractivity contribution in [2.45, 2.75) is 19.4 Å². The summed E-state index contributed by atoms with van der Waals surface area (Å²) in [5, 5.41) is 11.9. The van der Waals surface area contributed by atoms with Gasteiger partial charge in [0.05, 0.1) is 12.8 Å². The molecule has 0 saturated heterocycles. The fourth-order valence-corrected chi connectivity index (χ4v) is 1.72. The van der Waals surface area contributed by atoms with Crippen LogP contribution in [0.4, 0.5) is 4.79 Å². The normalized spacial score (nSPS) is 13.8. The molecule has 0 saturated carbocycles. The topological polar surface area (TPSA) is 88.5 Å². The van der Waals surface area contributed by atoms with Gasteiger partial charge in [0.15, 0.2) is 5.54 Å². The highest BCUT2D eigenvalue weighted by molar-refractivity contribution is 5.85. The zero-order chi connectivity index (χ0) is 13.8. The van der Waals surface area contributed by atoms with E-state index in [1.807, 2.05) is 0 Å². The van der Waals surface area contributed by atoms with E-state index in [1.54, 1.807) is 32.0 Å². The van der Waals surface area contributed by atoms with Gasteiger partial charge in [0.1, 0.15) is 0 Å². The van der Waals surface area contributed by atoms with E-state index >= 15 is 0 Å². The van der Waals surface area contributed by atoms with Crippen molar-refractivity contribution in [3.8, 4) is 0 Å². The summed E-state index contributed by atoms with van der Waals surface area (Å²) in [6.45, 7) is 3.39. The molecule has 18 heavy (non-hydrogen) atoms. The number of ether oxygens (including phenoxy) is 1. The highest BCUT2D eigenvalue weighted by Crippen LogP contribution is 2.28. The molecule has 1 aromatic rings. The summed E-state index contributed by atoms with van der Waals surface area (Å²) in [5.41, 5.74) is -1.34. The minimum absolute atomic E-state index is 0.262. The summed E-state index contributed by atoms with van der Waals surface area (Å²) >= 11 is 0. The lowest BCUT2D eigenvalue weighted by Crippen LogP contribution is -2.55. The Morgan fingerprint density at radius 3 is 2.50 bits per heavy atom. The summed E-state index contributed by atoms with van der Waals surface area (Å²) in [7, 11) is 1.18. The molecule has 0 aliphatic carbocycles. The predicted molar refractivity (Wildman–Crippen MR) is 63.9 cm³/mol. The number of methoxy groups -OCH3 is 1. The minimum atomic E-state index is -1.60. The van der Waals surface area contributed by atoms with Crippen LogP contribution in [0, 0.1) is 5.92 Å². The first kappa shape index (κ1) is 14.0. The lowest BCUT2D eigenvalue weighted by Gasteiger charge is -2.32. The maximum Gasteiger partial charge on any atom is 0.408 e. The van der Waals surface area contributed by atoms with Crippen molar-refractivity contribution < 1.29 is 19.4 Å². The summed E-state index contributed by atoms with van der Waals surface area (Å²) in [5.74, 6) is -1.58. The van der Waals surface area contributed by atoms with Gasteiger partial charge in [-0.25, -0.2) is 9.59 Å². The first-order valence-electron chi connectivity index (χ1n) is 5.46. The van der Waals surface area contributed by atoms with Crippen LogP contribution in [-0.2, 0) is 15.1 Å². The number of amides is 1. The van der Waals surface area contributed by atoms with Gasteiger partial charge in [-0.3, -0.25) is 10.3 Å². The van der Waals surface area contributed by atoms with E-state index in [0.29, 0.717) is 0 Å². The average Bonchev–Trinajstić information content (AvgIpc) is 2.35. The molecule has 1 rings (SSSR count). The Hall–Kier alpha value is -2.11. The number of rotatable bonds is 4. The van der Waals surface area contributed by atoms with Gasteiger partial charge >= 0.3 is 12.1 Å². The smallest absolute Gasteiger partial charge is 0.408 e. The minimum Gasteiger partial charge on any atom is -0.479 e. The van der Waals surface area contributed by atoms with Gasteiger partial charge in [-0.1, -0.05) is 19.9 Å². The lowest BCUT2D eigenvalue weighted by molar-refractivity contribution is -0.147. The average molecular weight is 252 g/mol. The summed E-state index contributed by atoms with van der Waals surface area (Å²) in [4.78, 5) is 27.0. The third kappa shape index (κ3) is 2.42. The van der Waals surface area contributed by atoms with Crippen LogP contribution < -0.4 is 5.32 Å². The molecule has 6 heteroatoms. The third-order valence-corrected chi connectivity index (χ3v) is 2.76.